The molecule has 0 spiro atoms. The smallest absolute Gasteiger partial charge is 0.242 e. The minimum atomic E-state index is -3.41. The maximum Gasteiger partial charge on any atom is 0.242 e. The van der Waals surface area contributed by atoms with Crippen LogP contribution in [0.1, 0.15) is 0 Å². The van der Waals surface area contributed by atoms with Gasteiger partial charge in [0.05, 0.1) is 0 Å². The SMILES string of the molecule is C=CCNS(=O)(=O)c1cccnc1. The number of sulfonamides is 1. The molecule has 1 rings (SSSR count). The highest BCUT2D eigenvalue weighted by atomic mass is 32.2. The second-order valence-electron chi connectivity index (χ2n) is 2.33. The summed E-state index contributed by atoms with van der Waals surface area (Å²) < 4.78 is 25.1. The first kappa shape index (κ1) is 9.88. The van der Waals surface area contributed by atoms with Gasteiger partial charge >= 0.3 is 0 Å². The van der Waals surface area contributed by atoms with Gasteiger partial charge in [-0.15, -0.1) is 6.58 Å². The molecular formula is C8H10N2O2S. The van der Waals surface area contributed by atoms with Crippen LogP contribution in [0.2, 0.25) is 0 Å². The average Bonchev–Trinajstić information content (AvgIpc) is 2.16. The summed E-state index contributed by atoms with van der Waals surface area (Å²) in [5.41, 5.74) is 0. The Labute approximate surface area is 77.4 Å². The van der Waals surface area contributed by atoms with Gasteiger partial charge in [0.25, 0.3) is 0 Å². The van der Waals surface area contributed by atoms with Crippen LogP contribution < -0.4 is 4.72 Å². The van der Waals surface area contributed by atoms with E-state index in [1.807, 2.05) is 0 Å². The standard InChI is InChI=1S/C8H10N2O2S/c1-2-5-10-13(11,12)8-4-3-6-9-7-8/h2-4,6-7,10H,1,5H2. The number of nitrogens with zero attached hydrogens (tertiary/aromatic N) is 1. The van der Waals surface area contributed by atoms with E-state index in [0.29, 0.717) is 0 Å². The highest BCUT2D eigenvalue weighted by Gasteiger charge is 2.11. The van der Waals surface area contributed by atoms with Gasteiger partial charge in [0.1, 0.15) is 4.90 Å². The van der Waals surface area contributed by atoms with Gasteiger partial charge in [0.15, 0.2) is 0 Å². The number of nitrogens with one attached hydrogen (secondary N) is 1. The van der Waals surface area contributed by atoms with Crippen molar-refractivity contribution >= 4 is 10.0 Å². The minimum absolute atomic E-state index is 0.164. The lowest BCUT2D eigenvalue weighted by atomic mass is 10.5. The lowest BCUT2D eigenvalue weighted by Gasteiger charge is -2.02. The molecule has 1 N–H and O–H groups in total. The van der Waals surface area contributed by atoms with Crippen LogP contribution in [0.25, 0.3) is 0 Å². The third-order valence-electron chi connectivity index (χ3n) is 1.36. The summed E-state index contributed by atoms with van der Waals surface area (Å²) in [7, 11) is -3.41. The van der Waals surface area contributed by atoms with Crippen LogP contribution in [-0.2, 0) is 10.0 Å². The van der Waals surface area contributed by atoms with Crippen molar-refractivity contribution in [1.29, 1.82) is 0 Å². The molecule has 0 aromatic carbocycles. The molecule has 1 aromatic heterocycles. The first-order valence-corrected chi connectivity index (χ1v) is 5.16. The summed E-state index contributed by atoms with van der Waals surface area (Å²) in [5, 5.41) is 0. The largest absolute Gasteiger partial charge is 0.263 e. The minimum Gasteiger partial charge on any atom is -0.263 e. The van der Waals surface area contributed by atoms with Crippen LogP contribution in [-0.4, -0.2) is 19.9 Å². The van der Waals surface area contributed by atoms with Crippen molar-refractivity contribution < 1.29 is 8.42 Å². The maximum absolute atomic E-state index is 11.4. The predicted octanol–water partition coefficient (Wildman–Crippen LogP) is 0.546. The molecular weight excluding hydrogens is 188 g/mol. The fraction of sp³-hybridized carbons (Fsp3) is 0.125. The van der Waals surface area contributed by atoms with Gasteiger partial charge in [-0.05, 0) is 12.1 Å². The molecule has 0 saturated carbocycles. The van der Waals surface area contributed by atoms with Crippen molar-refractivity contribution in [2.75, 3.05) is 6.54 Å². The number of rotatable bonds is 4. The Morgan fingerprint density at radius 3 is 2.92 bits per heavy atom. The van der Waals surface area contributed by atoms with Crippen molar-refractivity contribution in [1.82, 2.24) is 9.71 Å². The Kier molecular flexibility index (Phi) is 3.16. The molecule has 0 aliphatic rings. The number of hydrogen-bond donors (Lipinski definition) is 1. The van der Waals surface area contributed by atoms with Crippen molar-refractivity contribution in [2.45, 2.75) is 4.90 Å². The molecule has 13 heavy (non-hydrogen) atoms. The molecule has 0 fully saturated rings. The Morgan fingerprint density at radius 1 is 1.62 bits per heavy atom. The maximum atomic E-state index is 11.4. The average molecular weight is 198 g/mol. The Balaban J connectivity index is 2.88. The van der Waals surface area contributed by atoms with Crippen molar-refractivity contribution in [3.05, 3.63) is 37.2 Å². The fourth-order valence-electron chi connectivity index (χ4n) is 0.758. The van der Waals surface area contributed by atoms with Gasteiger partial charge in [-0.3, -0.25) is 4.98 Å². The lowest BCUT2D eigenvalue weighted by Crippen LogP contribution is -2.23. The summed E-state index contributed by atoms with van der Waals surface area (Å²) in [5.74, 6) is 0. The van der Waals surface area contributed by atoms with Gasteiger partial charge < -0.3 is 0 Å². The molecule has 0 bridgehead atoms. The Hall–Kier alpha value is -1.20. The summed E-state index contributed by atoms with van der Waals surface area (Å²) in [4.78, 5) is 3.88. The van der Waals surface area contributed by atoms with E-state index in [4.69, 9.17) is 0 Å². The topological polar surface area (TPSA) is 59.1 Å². The molecule has 5 heteroatoms. The number of aromatic nitrogens is 1. The van der Waals surface area contributed by atoms with Crippen LogP contribution >= 0.6 is 0 Å². The molecule has 0 aliphatic heterocycles. The molecule has 0 atom stereocenters. The van der Waals surface area contributed by atoms with Gasteiger partial charge in [0.2, 0.25) is 10.0 Å². The van der Waals surface area contributed by atoms with Crippen LogP contribution in [0.5, 0.6) is 0 Å². The highest BCUT2D eigenvalue weighted by Crippen LogP contribution is 2.04. The molecule has 0 saturated heterocycles. The van der Waals surface area contributed by atoms with E-state index in [0.717, 1.165) is 0 Å². The van der Waals surface area contributed by atoms with E-state index in [1.54, 1.807) is 6.07 Å². The van der Waals surface area contributed by atoms with Crippen molar-refractivity contribution in [2.24, 2.45) is 0 Å². The molecule has 0 radical (unpaired) electrons. The quantitative estimate of drug-likeness (QED) is 0.718. The molecule has 1 heterocycles. The fourth-order valence-corrected chi connectivity index (χ4v) is 1.72. The van der Waals surface area contributed by atoms with Crippen molar-refractivity contribution in [3.63, 3.8) is 0 Å². The van der Waals surface area contributed by atoms with E-state index >= 15 is 0 Å². The molecule has 4 nitrogen and oxygen atoms in total. The summed E-state index contributed by atoms with van der Waals surface area (Å²) >= 11 is 0. The van der Waals surface area contributed by atoms with E-state index in [1.165, 1.54) is 24.5 Å². The van der Waals surface area contributed by atoms with Gasteiger partial charge in [-0.25, -0.2) is 13.1 Å². The lowest BCUT2D eigenvalue weighted by molar-refractivity contribution is 0.585. The van der Waals surface area contributed by atoms with Gasteiger partial charge in [-0.1, -0.05) is 6.08 Å². The van der Waals surface area contributed by atoms with Crippen LogP contribution in [0.3, 0.4) is 0 Å². The zero-order valence-electron chi connectivity index (χ0n) is 6.97. The van der Waals surface area contributed by atoms with Crippen LogP contribution in [0.15, 0.2) is 42.1 Å². The predicted molar refractivity (Wildman–Crippen MR) is 49.6 cm³/mol. The summed E-state index contributed by atoms with van der Waals surface area (Å²) in [6.07, 6.45) is 4.30. The summed E-state index contributed by atoms with van der Waals surface area (Å²) in [6.45, 7) is 3.63. The molecule has 70 valence electrons. The van der Waals surface area contributed by atoms with Crippen LogP contribution in [0, 0.1) is 0 Å². The first-order valence-electron chi connectivity index (χ1n) is 3.67. The highest BCUT2D eigenvalue weighted by molar-refractivity contribution is 7.89. The second-order valence-corrected chi connectivity index (χ2v) is 4.10. The van der Waals surface area contributed by atoms with Gasteiger partial charge in [-0.2, -0.15) is 0 Å². The number of pyridine rings is 1. The zero-order chi connectivity index (χ0) is 9.73. The normalized spacial score (nSPS) is 11.1. The number of hydrogen-bond acceptors (Lipinski definition) is 3. The summed E-state index contributed by atoms with van der Waals surface area (Å²) in [6, 6.07) is 3.06. The van der Waals surface area contributed by atoms with E-state index in [9.17, 15) is 8.42 Å². The second kappa shape index (κ2) is 4.15. The Morgan fingerprint density at radius 2 is 2.38 bits per heavy atom. The first-order chi connectivity index (χ1) is 6.17. The monoisotopic (exact) mass is 198 g/mol. The van der Waals surface area contributed by atoms with Crippen molar-refractivity contribution in [3.8, 4) is 0 Å². The third-order valence-corrected chi connectivity index (χ3v) is 2.77. The van der Waals surface area contributed by atoms with Gasteiger partial charge in [0, 0.05) is 18.9 Å². The molecule has 1 aromatic rings. The Bertz CT molecular complexity index is 372. The van der Waals surface area contributed by atoms with E-state index in [-0.39, 0.29) is 11.4 Å². The van der Waals surface area contributed by atoms with E-state index in [2.05, 4.69) is 16.3 Å². The third kappa shape index (κ3) is 2.64. The molecule has 0 unspecified atom stereocenters. The zero-order valence-corrected chi connectivity index (χ0v) is 7.79. The molecule has 0 aliphatic carbocycles. The van der Waals surface area contributed by atoms with E-state index < -0.39 is 10.0 Å². The molecule has 0 amide bonds. The van der Waals surface area contributed by atoms with Crippen LogP contribution in [0.4, 0.5) is 0 Å².